The molecule has 0 saturated carbocycles. The first kappa shape index (κ1) is 24.5. The molecule has 4 aromatic rings. The van der Waals surface area contributed by atoms with Gasteiger partial charge in [-0.05, 0) is 37.6 Å². The van der Waals surface area contributed by atoms with Crippen molar-refractivity contribution < 1.29 is 9.53 Å². The normalized spacial score (nSPS) is 16.8. The number of morpholine rings is 1. The number of likely N-dealkylation sites (tertiary alicyclic amines) is 1. The van der Waals surface area contributed by atoms with E-state index in [1.165, 1.54) is 5.57 Å². The van der Waals surface area contributed by atoms with Crippen molar-refractivity contribution in [1.29, 1.82) is 0 Å². The first-order valence-electron chi connectivity index (χ1n) is 13.1. The summed E-state index contributed by atoms with van der Waals surface area (Å²) in [6.45, 7) is 9.92. The number of hydrogen-bond acceptors (Lipinski definition) is 8. The van der Waals surface area contributed by atoms with Crippen molar-refractivity contribution in [3.63, 3.8) is 0 Å². The Morgan fingerprint density at radius 3 is 2.55 bits per heavy atom. The average molecular weight is 516 g/mol. The maximum Gasteiger partial charge on any atom is 0.239 e. The number of anilines is 1. The quantitative estimate of drug-likeness (QED) is 0.414. The van der Waals surface area contributed by atoms with Crippen LogP contribution < -0.4 is 10.6 Å². The number of nitrogens with zero attached hydrogens (tertiary/aromatic N) is 8. The zero-order valence-electron chi connectivity index (χ0n) is 22.3. The molecule has 0 atom stereocenters. The van der Waals surface area contributed by atoms with Crippen LogP contribution in [0.25, 0.3) is 34.2 Å². The lowest BCUT2D eigenvalue weighted by Gasteiger charge is -2.44. The molecule has 0 spiro atoms. The van der Waals surface area contributed by atoms with Crippen molar-refractivity contribution >= 4 is 40.0 Å². The van der Waals surface area contributed by atoms with E-state index in [1.54, 1.807) is 0 Å². The fourth-order valence-corrected chi connectivity index (χ4v) is 5.08. The van der Waals surface area contributed by atoms with Crippen molar-refractivity contribution in [3.8, 4) is 5.95 Å². The van der Waals surface area contributed by atoms with Gasteiger partial charge in [-0.3, -0.25) is 14.3 Å². The van der Waals surface area contributed by atoms with Gasteiger partial charge in [0.05, 0.1) is 29.8 Å². The van der Waals surface area contributed by atoms with Crippen molar-refractivity contribution in [2.45, 2.75) is 32.7 Å². The highest BCUT2D eigenvalue weighted by Crippen LogP contribution is 2.31. The second-order valence-electron chi connectivity index (χ2n) is 10.4. The Bertz CT molecular complexity index is 1570. The molecule has 2 N–H and O–H groups in total. The van der Waals surface area contributed by atoms with Gasteiger partial charge in [0.1, 0.15) is 11.6 Å². The maximum absolute atomic E-state index is 11.8. The summed E-state index contributed by atoms with van der Waals surface area (Å²) in [4.78, 5) is 36.1. The minimum Gasteiger partial charge on any atom is -0.378 e. The fraction of sp³-hybridized carbons (Fsp3) is 0.444. The number of amides is 1. The van der Waals surface area contributed by atoms with E-state index in [4.69, 9.17) is 30.4 Å². The van der Waals surface area contributed by atoms with E-state index >= 15 is 0 Å². The van der Waals surface area contributed by atoms with Crippen molar-refractivity contribution in [2.24, 2.45) is 12.8 Å². The van der Waals surface area contributed by atoms with E-state index in [1.807, 2.05) is 43.7 Å². The molecule has 11 nitrogen and oxygen atoms in total. The molecule has 11 heteroatoms. The number of imidazole rings is 2. The van der Waals surface area contributed by atoms with E-state index in [9.17, 15) is 4.79 Å². The molecule has 2 saturated heterocycles. The first-order valence-corrected chi connectivity index (χ1v) is 13.1. The van der Waals surface area contributed by atoms with E-state index in [0.29, 0.717) is 32.3 Å². The highest BCUT2D eigenvalue weighted by Gasteiger charge is 2.38. The number of aryl methyl sites for hydroxylation is 2. The van der Waals surface area contributed by atoms with Gasteiger partial charge < -0.3 is 19.9 Å². The second-order valence-corrected chi connectivity index (χ2v) is 10.4. The summed E-state index contributed by atoms with van der Waals surface area (Å²) in [5, 5.41) is 0. The molecule has 1 aromatic carbocycles. The van der Waals surface area contributed by atoms with Crippen LogP contribution in [0.15, 0.2) is 29.8 Å². The molecule has 0 aliphatic carbocycles. The van der Waals surface area contributed by atoms with Crippen molar-refractivity contribution in [1.82, 2.24) is 34.0 Å². The number of benzene rings is 1. The predicted octanol–water partition coefficient (Wildman–Crippen LogP) is 2.06. The summed E-state index contributed by atoms with van der Waals surface area (Å²) >= 11 is 0. The highest BCUT2D eigenvalue weighted by atomic mass is 16.5. The van der Waals surface area contributed by atoms with E-state index in [-0.39, 0.29) is 5.91 Å². The molecule has 2 aliphatic heterocycles. The second kappa shape index (κ2) is 9.17. The fourth-order valence-electron chi connectivity index (χ4n) is 5.08. The van der Waals surface area contributed by atoms with Crippen molar-refractivity contribution in [3.05, 3.63) is 41.5 Å². The third-order valence-electron chi connectivity index (χ3n) is 7.69. The van der Waals surface area contributed by atoms with Crippen LogP contribution in [0.1, 0.15) is 32.4 Å². The molecular weight excluding hydrogens is 482 g/mol. The molecule has 0 unspecified atom stereocenters. The van der Waals surface area contributed by atoms with Crippen LogP contribution >= 0.6 is 0 Å². The maximum atomic E-state index is 11.8. The Kier molecular flexibility index (Phi) is 5.92. The predicted molar refractivity (Wildman–Crippen MR) is 146 cm³/mol. The summed E-state index contributed by atoms with van der Waals surface area (Å²) in [5.41, 5.74) is 9.53. The summed E-state index contributed by atoms with van der Waals surface area (Å²) in [5.74, 6) is 2.78. The van der Waals surface area contributed by atoms with Crippen LogP contribution in [-0.4, -0.2) is 84.8 Å². The number of carbonyl (C=O) groups is 1. The van der Waals surface area contributed by atoms with Gasteiger partial charge >= 0.3 is 0 Å². The Hall–Kier alpha value is -3.83. The minimum atomic E-state index is -0.682. The van der Waals surface area contributed by atoms with Gasteiger partial charge in [-0.1, -0.05) is 19.1 Å². The molecule has 2 aliphatic rings. The van der Waals surface area contributed by atoms with Crippen LogP contribution in [0.5, 0.6) is 0 Å². The third kappa shape index (κ3) is 3.93. The van der Waals surface area contributed by atoms with Gasteiger partial charge in [0.25, 0.3) is 0 Å². The molecular formula is C27H33N9O2. The number of aromatic nitrogens is 6. The van der Waals surface area contributed by atoms with Gasteiger partial charge in [0.15, 0.2) is 17.0 Å². The van der Waals surface area contributed by atoms with E-state index < -0.39 is 5.54 Å². The van der Waals surface area contributed by atoms with Gasteiger partial charge in [0.2, 0.25) is 11.9 Å². The Balaban J connectivity index is 1.47. The van der Waals surface area contributed by atoms with Gasteiger partial charge in [-0.15, -0.1) is 0 Å². The average Bonchev–Trinajstić information content (AvgIpc) is 3.43. The number of fused-ring (bicyclic) bond motifs is 2. The summed E-state index contributed by atoms with van der Waals surface area (Å²) in [6, 6.07) is 8.08. The summed E-state index contributed by atoms with van der Waals surface area (Å²) < 4.78 is 9.69. The first-order chi connectivity index (χ1) is 18.3. The Morgan fingerprint density at radius 1 is 1.11 bits per heavy atom. The summed E-state index contributed by atoms with van der Waals surface area (Å²) in [7, 11) is 1.98. The number of carbonyl (C=O) groups excluding carboxylic acids is 1. The largest absolute Gasteiger partial charge is 0.378 e. The number of ether oxygens (including phenoxy) is 1. The SMILES string of the molecule is CCc1nc2ccccc2n1-c1nc(N2CCOCC2)c2nc(C=C3CN(C(C)(C)C(N)=O)C3)n(C)c2n1. The molecule has 3 aromatic heterocycles. The minimum absolute atomic E-state index is 0.323. The molecule has 198 valence electrons. The number of rotatable bonds is 6. The zero-order chi connectivity index (χ0) is 26.6. The van der Waals surface area contributed by atoms with Crippen LogP contribution in [0.3, 0.4) is 0 Å². The van der Waals surface area contributed by atoms with Crippen LogP contribution in [-0.2, 0) is 23.0 Å². The topological polar surface area (TPSA) is 120 Å². The van der Waals surface area contributed by atoms with Crippen LogP contribution in [0.4, 0.5) is 5.82 Å². The standard InChI is InChI=1S/C27H33N9O2/c1-5-20-29-18-8-6-7-9-19(18)36(20)26-31-23-22(24(32-26)34-10-12-38-13-11-34)30-21(33(23)4)14-17-15-35(16-17)27(2,3)25(28)37/h6-9,14H,5,10-13,15-16H2,1-4H3,(H2,28,37). The Morgan fingerprint density at radius 2 is 1.84 bits per heavy atom. The summed E-state index contributed by atoms with van der Waals surface area (Å²) in [6.07, 6.45) is 2.84. The molecule has 2 fully saturated rings. The molecule has 1 amide bonds. The monoisotopic (exact) mass is 515 g/mol. The van der Waals surface area contributed by atoms with Crippen LogP contribution in [0.2, 0.25) is 0 Å². The highest BCUT2D eigenvalue weighted by molar-refractivity contribution is 5.87. The number of hydrogen-bond donors (Lipinski definition) is 1. The molecule has 38 heavy (non-hydrogen) atoms. The van der Waals surface area contributed by atoms with Crippen LogP contribution in [0, 0.1) is 0 Å². The molecule has 0 radical (unpaired) electrons. The number of para-hydroxylation sites is 2. The lowest BCUT2D eigenvalue weighted by atomic mass is 9.94. The smallest absolute Gasteiger partial charge is 0.239 e. The number of primary amides is 1. The lowest BCUT2D eigenvalue weighted by molar-refractivity contribution is -0.129. The molecule has 6 rings (SSSR count). The van der Waals surface area contributed by atoms with Gasteiger partial charge in [0, 0.05) is 39.6 Å². The van der Waals surface area contributed by atoms with Gasteiger partial charge in [-0.25, -0.2) is 9.97 Å². The van der Waals surface area contributed by atoms with E-state index in [2.05, 4.69) is 33.4 Å². The number of nitrogens with two attached hydrogens (primary N) is 1. The van der Waals surface area contributed by atoms with Gasteiger partial charge in [-0.2, -0.15) is 9.97 Å². The van der Waals surface area contributed by atoms with Crippen molar-refractivity contribution in [2.75, 3.05) is 44.3 Å². The zero-order valence-corrected chi connectivity index (χ0v) is 22.3. The Labute approximate surface area is 220 Å². The third-order valence-corrected chi connectivity index (χ3v) is 7.69. The molecule has 0 bridgehead atoms. The van der Waals surface area contributed by atoms with E-state index in [0.717, 1.165) is 59.2 Å². The molecule has 5 heterocycles. The lowest BCUT2D eigenvalue weighted by Crippen LogP contribution is -2.59.